The number of hydrogen-bond acceptors (Lipinski definition) is 7. The molecule has 4 aromatic heterocycles. The fraction of sp³-hybridized carbons (Fsp3) is 0.155. The van der Waals surface area contributed by atoms with Gasteiger partial charge in [0.05, 0.1) is 54.6 Å². The Morgan fingerprint density at radius 2 is 1.03 bits per heavy atom. The zero-order chi connectivity index (χ0) is 55.6. The molecular formula is C58H45Cl2F8N9O. The molecule has 2 atom stereocenters. The number of aromatic nitrogens is 6. The van der Waals surface area contributed by atoms with Gasteiger partial charge in [-0.3, -0.25) is 14.8 Å². The van der Waals surface area contributed by atoms with Crippen LogP contribution in [0.3, 0.4) is 0 Å². The molecule has 0 bridgehead atoms. The maximum atomic E-state index is 14.8. The molecule has 20 heteroatoms. The van der Waals surface area contributed by atoms with E-state index in [9.17, 15) is 39.9 Å². The van der Waals surface area contributed by atoms with Crippen molar-refractivity contribution in [3.63, 3.8) is 0 Å². The van der Waals surface area contributed by atoms with Crippen LogP contribution in [-0.4, -0.2) is 42.9 Å². The second kappa shape index (κ2) is 21.9. The van der Waals surface area contributed by atoms with Crippen molar-refractivity contribution in [1.29, 1.82) is 0 Å². The molecule has 0 aliphatic rings. The van der Waals surface area contributed by atoms with Crippen molar-refractivity contribution in [3.8, 4) is 0 Å². The first-order valence-corrected chi connectivity index (χ1v) is 24.7. The van der Waals surface area contributed by atoms with Gasteiger partial charge in [-0.15, -0.1) is 0 Å². The first-order valence-electron chi connectivity index (χ1n) is 23.9. The molecule has 398 valence electrons. The normalized spacial score (nSPS) is 13.3. The average Bonchev–Trinajstić information content (AvgIpc) is 4.03. The Bertz CT molecular complexity index is 3760. The standard InChI is InChI=1S/C29H22ClF4N5O.C29H23ClF4N4/c1-35-26(40)18-7-9-23-24(11-18)38-27(37-23)39-28(15-17-5-3-2-4-6-17,25-10-8-21(30)16-36-25)19-12-20(29(32,33)34)14-22(31)13-19;1-17-8-10-24-26(18(17)2)37-27(36-24)38-28(15-19-6-4-3-5-7-19,25-11-9-22(30)16-35-25)20-12-21(29(32,33)34)14-23(31)13-20/h2-14,16H,15H2,1H3,(H,35,40)(H2,37,38,39);3-14,16H,15H2,1-2H3,(H2,36,37,38)/t2*28-/m11/s1. The molecule has 0 unspecified atom stereocenters. The minimum atomic E-state index is -4.79. The number of benzene rings is 6. The third-order valence-corrected chi connectivity index (χ3v) is 13.6. The Labute approximate surface area is 451 Å². The summed E-state index contributed by atoms with van der Waals surface area (Å²) in [6.45, 7) is 3.92. The molecule has 0 aliphatic carbocycles. The summed E-state index contributed by atoms with van der Waals surface area (Å²) < 4.78 is 113. The van der Waals surface area contributed by atoms with Crippen LogP contribution in [0.25, 0.3) is 22.1 Å². The number of anilines is 2. The van der Waals surface area contributed by atoms with Gasteiger partial charge in [-0.25, -0.2) is 18.7 Å². The Hall–Kier alpha value is -8.35. The lowest BCUT2D eigenvalue weighted by Crippen LogP contribution is -2.40. The molecule has 0 saturated heterocycles. The van der Waals surface area contributed by atoms with Crippen LogP contribution >= 0.6 is 23.2 Å². The highest BCUT2D eigenvalue weighted by Crippen LogP contribution is 2.42. The van der Waals surface area contributed by atoms with E-state index >= 15 is 0 Å². The lowest BCUT2D eigenvalue weighted by atomic mass is 9.80. The van der Waals surface area contributed by atoms with Crippen LogP contribution in [0.4, 0.5) is 47.0 Å². The molecule has 6 aromatic carbocycles. The summed E-state index contributed by atoms with van der Waals surface area (Å²) in [6.07, 6.45) is -6.55. The highest BCUT2D eigenvalue weighted by atomic mass is 35.5. The van der Waals surface area contributed by atoms with Gasteiger partial charge >= 0.3 is 12.4 Å². The Kier molecular flexibility index (Phi) is 15.3. The highest BCUT2D eigenvalue weighted by molar-refractivity contribution is 6.30. The van der Waals surface area contributed by atoms with Gasteiger partial charge < -0.3 is 25.9 Å². The zero-order valence-electron chi connectivity index (χ0n) is 41.5. The fourth-order valence-corrected chi connectivity index (χ4v) is 9.46. The average molecular weight is 1110 g/mol. The fourth-order valence-electron chi connectivity index (χ4n) is 9.23. The summed E-state index contributed by atoms with van der Waals surface area (Å²) >= 11 is 12.2. The number of fused-ring (bicyclic) bond motifs is 2. The van der Waals surface area contributed by atoms with Crippen LogP contribution in [0, 0.1) is 25.5 Å². The first-order chi connectivity index (χ1) is 37.1. The lowest BCUT2D eigenvalue weighted by molar-refractivity contribution is -0.138. The number of aromatic amines is 2. The van der Waals surface area contributed by atoms with Crippen LogP contribution in [0.2, 0.25) is 10.0 Å². The van der Waals surface area contributed by atoms with E-state index in [-0.39, 0.29) is 41.5 Å². The van der Waals surface area contributed by atoms with E-state index in [4.69, 9.17) is 28.2 Å². The van der Waals surface area contributed by atoms with Crippen LogP contribution in [-0.2, 0) is 36.3 Å². The number of pyridine rings is 2. The van der Waals surface area contributed by atoms with Crippen molar-refractivity contribution in [2.45, 2.75) is 50.1 Å². The highest BCUT2D eigenvalue weighted by Gasteiger charge is 2.42. The summed E-state index contributed by atoms with van der Waals surface area (Å²) in [5.74, 6) is -1.89. The second-order valence-electron chi connectivity index (χ2n) is 18.4. The Balaban J connectivity index is 0.000000190. The van der Waals surface area contributed by atoms with Crippen molar-refractivity contribution in [3.05, 3.63) is 247 Å². The Morgan fingerprint density at radius 3 is 1.49 bits per heavy atom. The van der Waals surface area contributed by atoms with Crippen molar-refractivity contribution in [2.24, 2.45) is 0 Å². The van der Waals surface area contributed by atoms with E-state index in [1.807, 2.05) is 74.5 Å². The molecule has 5 N–H and O–H groups in total. The van der Waals surface area contributed by atoms with Crippen molar-refractivity contribution in [2.75, 3.05) is 17.7 Å². The third-order valence-electron chi connectivity index (χ3n) is 13.2. The number of H-pyrrole nitrogens is 2. The number of carbonyl (C=O) groups is 1. The van der Waals surface area contributed by atoms with E-state index in [0.717, 1.165) is 57.6 Å². The van der Waals surface area contributed by atoms with Gasteiger partial charge in [0.1, 0.15) is 22.7 Å². The second-order valence-corrected chi connectivity index (χ2v) is 19.3. The Morgan fingerprint density at radius 1 is 0.551 bits per heavy atom. The van der Waals surface area contributed by atoms with E-state index in [2.05, 4.69) is 40.9 Å². The zero-order valence-corrected chi connectivity index (χ0v) is 43.0. The minimum Gasteiger partial charge on any atom is -0.355 e. The van der Waals surface area contributed by atoms with Crippen molar-refractivity contribution >= 4 is 63.1 Å². The number of carbonyl (C=O) groups excluding carboxylic acids is 1. The number of alkyl halides is 6. The van der Waals surface area contributed by atoms with Crippen LogP contribution in [0.15, 0.2) is 164 Å². The largest absolute Gasteiger partial charge is 0.416 e. The maximum absolute atomic E-state index is 14.8. The molecule has 0 fully saturated rings. The number of halogens is 10. The molecule has 0 radical (unpaired) electrons. The van der Waals surface area contributed by atoms with Crippen LogP contribution in [0.1, 0.15) is 66.3 Å². The number of rotatable bonds is 13. The summed E-state index contributed by atoms with van der Waals surface area (Å²) in [6, 6.07) is 38.2. The first kappa shape index (κ1) is 54.4. The number of amides is 1. The summed E-state index contributed by atoms with van der Waals surface area (Å²) in [5.41, 5.74) is 1.83. The van der Waals surface area contributed by atoms with Gasteiger partial charge in [-0.1, -0.05) is 89.9 Å². The van der Waals surface area contributed by atoms with Gasteiger partial charge in [-0.2, -0.15) is 26.3 Å². The van der Waals surface area contributed by atoms with Gasteiger partial charge in [0.2, 0.25) is 11.9 Å². The minimum absolute atomic E-state index is 0.0231. The SMILES string of the molecule is CNC(=O)c1ccc2nc(N[C@](Cc3ccccc3)(c3cc(F)cc(C(F)(F)F)c3)c3ccc(Cl)cn3)[nH]c2c1.Cc1ccc2[nH]c(N[C@](Cc3ccccc3)(c3cc(F)cc(C(F)(F)F)c3)c3ccc(Cl)cn3)nc2c1C. The third kappa shape index (κ3) is 11.8. The number of nitrogens with zero attached hydrogens (tertiary/aromatic N) is 4. The quantitative estimate of drug-likeness (QED) is 0.0726. The molecule has 0 aliphatic heterocycles. The van der Waals surface area contributed by atoms with Gasteiger partial charge in [0.15, 0.2) is 0 Å². The van der Waals surface area contributed by atoms with E-state index in [0.29, 0.717) is 50.4 Å². The predicted octanol–water partition coefficient (Wildman–Crippen LogP) is 14.7. The smallest absolute Gasteiger partial charge is 0.355 e. The number of nitrogens with one attached hydrogen (secondary N) is 5. The molecular weight excluding hydrogens is 1060 g/mol. The summed E-state index contributed by atoms with van der Waals surface area (Å²) in [4.78, 5) is 36.7. The number of imidazole rings is 2. The number of aryl methyl sites for hydroxylation is 2. The topological polar surface area (TPSA) is 136 Å². The predicted molar refractivity (Wildman–Crippen MR) is 285 cm³/mol. The van der Waals surface area contributed by atoms with Crippen molar-refractivity contribution < 1.29 is 39.9 Å². The molecule has 10 nitrogen and oxygen atoms in total. The van der Waals surface area contributed by atoms with Gasteiger partial charge in [0.25, 0.3) is 5.91 Å². The van der Waals surface area contributed by atoms with Crippen molar-refractivity contribution in [1.82, 2.24) is 35.2 Å². The van der Waals surface area contributed by atoms with Crippen LogP contribution in [0.5, 0.6) is 0 Å². The molecule has 78 heavy (non-hydrogen) atoms. The van der Waals surface area contributed by atoms with E-state index in [1.165, 1.54) is 19.4 Å². The van der Waals surface area contributed by atoms with Crippen LogP contribution < -0.4 is 16.0 Å². The molecule has 4 heterocycles. The lowest BCUT2D eigenvalue weighted by Gasteiger charge is -2.36. The monoisotopic (exact) mass is 1110 g/mol. The molecule has 0 saturated carbocycles. The van der Waals surface area contributed by atoms with E-state index < -0.39 is 46.2 Å². The molecule has 1 amide bonds. The van der Waals surface area contributed by atoms with Gasteiger partial charge in [0, 0.05) is 37.8 Å². The number of hydrogen-bond donors (Lipinski definition) is 5. The molecule has 10 aromatic rings. The van der Waals surface area contributed by atoms with Gasteiger partial charge in [-0.05, 0) is 132 Å². The molecule has 0 spiro atoms. The molecule has 10 rings (SSSR count). The summed E-state index contributed by atoms with van der Waals surface area (Å²) in [7, 11) is 1.51. The summed E-state index contributed by atoms with van der Waals surface area (Å²) in [5, 5.41) is 9.80. The van der Waals surface area contributed by atoms with E-state index in [1.54, 1.807) is 54.6 Å². The maximum Gasteiger partial charge on any atom is 0.416 e.